The molecule has 6 heteroatoms. The minimum absolute atomic E-state index is 0.178. The number of amides is 1. The first-order valence-electron chi connectivity index (χ1n) is 8.05. The third-order valence-corrected chi connectivity index (χ3v) is 7.00. The molecule has 1 aliphatic heterocycles. The van der Waals surface area contributed by atoms with Crippen LogP contribution in [0.25, 0.3) is 21.7 Å². The van der Waals surface area contributed by atoms with Crippen LogP contribution in [0.15, 0.2) is 42.5 Å². The standard InChI is InChI=1S/C18H18N2O3S/c21-18(19-11-13-5-3-9-24(13,22)23)17-10-15-14-6-2-1-4-12(14)7-8-16(15)20-17/h1-2,4,6-8,10,13,20H,3,5,9,11H2,(H,19,21)/t13-/m0/s1. The van der Waals surface area contributed by atoms with E-state index in [9.17, 15) is 13.2 Å². The third kappa shape index (κ3) is 2.57. The van der Waals surface area contributed by atoms with Gasteiger partial charge in [0.1, 0.15) is 5.69 Å². The molecule has 2 aromatic carbocycles. The number of benzene rings is 2. The van der Waals surface area contributed by atoms with Crippen molar-refractivity contribution in [3.05, 3.63) is 48.2 Å². The fourth-order valence-electron chi connectivity index (χ4n) is 3.40. The summed E-state index contributed by atoms with van der Waals surface area (Å²) in [5.41, 5.74) is 1.35. The Morgan fingerprint density at radius 2 is 2.00 bits per heavy atom. The number of hydrogen-bond acceptors (Lipinski definition) is 3. The lowest BCUT2D eigenvalue weighted by atomic mass is 10.1. The molecule has 0 aliphatic carbocycles. The first kappa shape index (κ1) is 15.2. The molecule has 1 aliphatic rings. The van der Waals surface area contributed by atoms with Crippen molar-refractivity contribution in [3.63, 3.8) is 0 Å². The first-order valence-corrected chi connectivity index (χ1v) is 9.76. The second-order valence-corrected chi connectivity index (χ2v) is 8.67. The number of nitrogens with one attached hydrogen (secondary N) is 2. The van der Waals surface area contributed by atoms with E-state index in [0.717, 1.165) is 21.7 Å². The van der Waals surface area contributed by atoms with Gasteiger partial charge in [0.15, 0.2) is 9.84 Å². The summed E-state index contributed by atoms with van der Waals surface area (Å²) in [4.78, 5) is 15.5. The van der Waals surface area contributed by atoms with Crippen LogP contribution < -0.4 is 5.32 Å². The van der Waals surface area contributed by atoms with Gasteiger partial charge in [-0.15, -0.1) is 0 Å². The Labute approximate surface area is 140 Å². The molecule has 1 amide bonds. The van der Waals surface area contributed by atoms with Crippen molar-refractivity contribution in [1.29, 1.82) is 0 Å². The van der Waals surface area contributed by atoms with Crippen molar-refractivity contribution in [2.75, 3.05) is 12.3 Å². The Morgan fingerprint density at radius 3 is 2.79 bits per heavy atom. The fraction of sp³-hybridized carbons (Fsp3) is 0.278. The number of aromatic amines is 1. The van der Waals surface area contributed by atoms with Crippen molar-refractivity contribution >= 4 is 37.4 Å². The summed E-state index contributed by atoms with van der Waals surface area (Å²) in [6, 6.07) is 13.8. The quantitative estimate of drug-likeness (QED) is 0.768. The van der Waals surface area contributed by atoms with Gasteiger partial charge in [0.25, 0.3) is 5.91 Å². The zero-order chi connectivity index (χ0) is 16.7. The summed E-state index contributed by atoms with van der Waals surface area (Å²) < 4.78 is 23.7. The van der Waals surface area contributed by atoms with Gasteiger partial charge >= 0.3 is 0 Å². The summed E-state index contributed by atoms with van der Waals surface area (Å²) in [5, 5.41) is 5.50. The van der Waals surface area contributed by atoms with Crippen LogP contribution in [0.5, 0.6) is 0 Å². The predicted molar refractivity (Wildman–Crippen MR) is 94.9 cm³/mol. The lowest BCUT2D eigenvalue weighted by Crippen LogP contribution is -2.34. The lowest BCUT2D eigenvalue weighted by molar-refractivity contribution is 0.0949. The Balaban J connectivity index is 1.60. The first-order chi connectivity index (χ1) is 11.5. The lowest BCUT2D eigenvalue weighted by Gasteiger charge is -2.09. The third-order valence-electron chi connectivity index (χ3n) is 4.73. The van der Waals surface area contributed by atoms with Gasteiger partial charge in [-0.2, -0.15) is 0 Å². The van der Waals surface area contributed by atoms with Crippen LogP contribution in [0, 0.1) is 0 Å². The number of sulfone groups is 1. The van der Waals surface area contributed by atoms with E-state index in [0.29, 0.717) is 18.5 Å². The van der Waals surface area contributed by atoms with Gasteiger partial charge in [0.05, 0.1) is 11.0 Å². The zero-order valence-corrected chi connectivity index (χ0v) is 13.9. The largest absolute Gasteiger partial charge is 0.351 e. The number of carbonyl (C=O) groups is 1. The maximum atomic E-state index is 12.4. The molecule has 1 fully saturated rings. The van der Waals surface area contributed by atoms with Gasteiger partial charge in [-0.3, -0.25) is 4.79 Å². The Kier molecular flexibility index (Phi) is 3.57. The highest BCUT2D eigenvalue weighted by atomic mass is 32.2. The molecule has 0 unspecified atom stereocenters. The maximum absolute atomic E-state index is 12.4. The summed E-state index contributed by atoms with van der Waals surface area (Å²) in [5.74, 6) is -0.0382. The van der Waals surface area contributed by atoms with Crippen molar-refractivity contribution in [2.45, 2.75) is 18.1 Å². The smallest absolute Gasteiger partial charge is 0.267 e. The van der Waals surface area contributed by atoms with E-state index in [4.69, 9.17) is 0 Å². The monoisotopic (exact) mass is 342 g/mol. The molecule has 1 atom stereocenters. The van der Waals surface area contributed by atoms with Crippen molar-refractivity contribution in [1.82, 2.24) is 10.3 Å². The van der Waals surface area contributed by atoms with Crippen LogP contribution in [0.1, 0.15) is 23.3 Å². The molecule has 1 aromatic heterocycles. The van der Waals surface area contributed by atoms with Crippen LogP contribution in [0.4, 0.5) is 0 Å². The normalized spacial score (nSPS) is 19.8. The molecule has 24 heavy (non-hydrogen) atoms. The molecule has 5 nitrogen and oxygen atoms in total. The molecular formula is C18H18N2O3S. The van der Waals surface area contributed by atoms with E-state index >= 15 is 0 Å². The summed E-state index contributed by atoms with van der Waals surface area (Å²) >= 11 is 0. The number of rotatable bonds is 3. The van der Waals surface area contributed by atoms with E-state index in [2.05, 4.69) is 10.3 Å². The van der Waals surface area contributed by atoms with Gasteiger partial charge < -0.3 is 10.3 Å². The van der Waals surface area contributed by atoms with Crippen LogP contribution >= 0.6 is 0 Å². The van der Waals surface area contributed by atoms with Crippen LogP contribution in [-0.4, -0.2) is 36.9 Å². The molecule has 0 bridgehead atoms. The number of H-pyrrole nitrogens is 1. The van der Waals surface area contributed by atoms with Crippen molar-refractivity contribution < 1.29 is 13.2 Å². The SMILES string of the molecule is O=C(NC[C@@H]1CCCS1(=O)=O)c1cc2c(ccc3ccccc32)[nH]1. The van der Waals surface area contributed by atoms with Gasteiger partial charge in [-0.05, 0) is 35.7 Å². The molecule has 2 N–H and O–H groups in total. The van der Waals surface area contributed by atoms with E-state index in [1.165, 1.54) is 0 Å². The second kappa shape index (κ2) is 5.63. The highest BCUT2D eigenvalue weighted by molar-refractivity contribution is 7.92. The van der Waals surface area contributed by atoms with E-state index in [1.54, 1.807) is 0 Å². The van der Waals surface area contributed by atoms with Crippen LogP contribution in [0.2, 0.25) is 0 Å². The molecule has 0 spiro atoms. The predicted octanol–water partition coefficient (Wildman–Crippen LogP) is 2.63. The number of carbonyl (C=O) groups excluding carboxylic acids is 1. The molecular weight excluding hydrogens is 324 g/mol. The van der Waals surface area contributed by atoms with Gasteiger partial charge in [0.2, 0.25) is 0 Å². The van der Waals surface area contributed by atoms with E-state index in [1.807, 2.05) is 42.5 Å². The summed E-state index contributed by atoms with van der Waals surface area (Å²) in [7, 11) is -3.04. The number of fused-ring (bicyclic) bond motifs is 3. The molecule has 124 valence electrons. The zero-order valence-electron chi connectivity index (χ0n) is 13.1. The molecule has 4 rings (SSSR count). The molecule has 3 aromatic rings. The number of hydrogen-bond donors (Lipinski definition) is 2. The fourth-order valence-corrected chi connectivity index (χ4v) is 5.16. The highest BCUT2D eigenvalue weighted by Gasteiger charge is 2.31. The van der Waals surface area contributed by atoms with Crippen molar-refractivity contribution in [3.8, 4) is 0 Å². The molecule has 0 saturated carbocycles. The molecule has 2 heterocycles. The van der Waals surface area contributed by atoms with E-state index in [-0.39, 0.29) is 18.2 Å². The van der Waals surface area contributed by atoms with Gasteiger partial charge in [0, 0.05) is 17.4 Å². The minimum Gasteiger partial charge on any atom is -0.351 e. The Hall–Kier alpha value is -2.34. The van der Waals surface area contributed by atoms with E-state index < -0.39 is 15.1 Å². The van der Waals surface area contributed by atoms with Crippen LogP contribution in [-0.2, 0) is 9.84 Å². The summed E-state index contributed by atoms with van der Waals surface area (Å²) in [6.45, 7) is 0.178. The van der Waals surface area contributed by atoms with Gasteiger partial charge in [-0.1, -0.05) is 30.3 Å². The maximum Gasteiger partial charge on any atom is 0.267 e. The van der Waals surface area contributed by atoms with Crippen LogP contribution in [0.3, 0.4) is 0 Å². The highest BCUT2D eigenvalue weighted by Crippen LogP contribution is 2.26. The Bertz CT molecular complexity index is 1040. The number of aromatic nitrogens is 1. The average Bonchev–Trinajstić information content (AvgIpc) is 3.15. The van der Waals surface area contributed by atoms with Gasteiger partial charge in [-0.25, -0.2) is 8.42 Å². The molecule has 0 radical (unpaired) electrons. The summed E-state index contributed by atoms with van der Waals surface area (Å²) in [6.07, 6.45) is 1.31. The minimum atomic E-state index is -3.04. The average molecular weight is 342 g/mol. The second-order valence-electron chi connectivity index (χ2n) is 6.27. The molecule has 1 saturated heterocycles. The van der Waals surface area contributed by atoms with Crippen molar-refractivity contribution in [2.24, 2.45) is 0 Å². The Morgan fingerprint density at radius 1 is 1.17 bits per heavy atom. The topological polar surface area (TPSA) is 79.0 Å².